The van der Waals surface area contributed by atoms with Gasteiger partial charge in [-0.05, 0) is 29.2 Å². The Morgan fingerprint density at radius 1 is 1.08 bits per heavy atom. The highest BCUT2D eigenvalue weighted by atomic mass is 16.2. The van der Waals surface area contributed by atoms with Crippen LogP contribution in [-0.4, -0.2) is 16.8 Å². The van der Waals surface area contributed by atoms with Gasteiger partial charge in [0.25, 0.3) is 0 Å². The summed E-state index contributed by atoms with van der Waals surface area (Å²) in [4.78, 5) is 23.6. The van der Waals surface area contributed by atoms with Crippen LogP contribution in [0.4, 0.5) is 5.69 Å². The Morgan fingerprint density at radius 2 is 1.76 bits per heavy atom. The molecule has 0 unspecified atom stereocenters. The number of aromatic nitrogens is 1. The summed E-state index contributed by atoms with van der Waals surface area (Å²) < 4.78 is 1.80. The largest absolute Gasteiger partial charge is 0.337 e. The Labute approximate surface area is 147 Å². The van der Waals surface area contributed by atoms with Crippen molar-refractivity contribution in [2.45, 2.75) is 32.7 Å². The van der Waals surface area contributed by atoms with Gasteiger partial charge in [-0.2, -0.15) is 0 Å². The van der Waals surface area contributed by atoms with Crippen LogP contribution in [0.2, 0.25) is 0 Å². The minimum atomic E-state index is -0.123. The van der Waals surface area contributed by atoms with Gasteiger partial charge in [-0.15, -0.1) is 0 Å². The lowest BCUT2D eigenvalue weighted by molar-refractivity contribution is -0.116. The summed E-state index contributed by atoms with van der Waals surface area (Å²) in [7, 11) is 0. The number of fused-ring (bicyclic) bond motifs is 1. The van der Waals surface area contributed by atoms with Crippen LogP contribution in [0, 0.1) is 0 Å². The monoisotopic (exact) mass is 334 g/mol. The van der Waals surface area contributed by atoms with Gasteiger partial charge in [-0.1, -0.05) is 51.1 Å². The number of carbonyl (C=O) groups excluding carboxylic acids is 2. The summed E-state index contributed by atoms with van der Waals surface area (Å²) in [5, 5.41) is 3.77. The molecule has 2 aromatic carbocycles. The van der Waals surface area contributed by atoms with Crippen LogP contribution in [0.25, 0.3) is 10.9 Å². The molecule has 4 heteroatoms. The average Bonchev–Trinajstić information content (AvgIpc) is 2.92. The maximum atomic E-state index is 12.4. The molecule has 1 N–H and O–H groups in total. The van der Waals surface area contributed by atoms with E-state index in [0.29, 0.717) is 5.56 Å². The lowest BCUT2D eigenvalue weighted by Gasteiger charge is -2.19. The van der Waals surface area contributed by atoms with Gasteiger partial charge in [0.1, 0.15) is 6.54 Å². The highest BCUT2D eigenvalue weighted by Crippen LogP contribution is 2.24. The molecule has 3 rings (SSSR count). The van der Waals surface area contributed by atoms with Crippen LogP contribution < -0.4 is 5.32 Å². The van der Waals surface area contributed by atoms with Crippen LogP contribution in [0.3, 0.4) is 0 Å². The first-order valence-corrected chi connectivity index (χ1v) is 8.32. The SMILES string of the molecule is CC(C)(C)c1ccc(NC(=O)Cn2cc(C=O)c3ccccc32)cc1. The van der Waals surface area contributed by atoms with Crippen molar-refractivity contribution >= 4 is 28.8 Å². The Balaban J connectivity index is 1.76. The summed E-state index contributed by atoms with van der Waals surface area (Å²) in [5.41, 5.74) is 3.54. The molecule has 0 saturated carbocycles. The van der Waals surface area contributed by atoms with Crippen molar-refractivity contribution in [3.63, 3.8) is 0 Å². The zero-order valence-corrected chi connectivity index (χ0v) is 14.7. The maximum Gasteiger partial charge on any atom is 0.244 e. The summed E-state index contributed by atoms with van der Waals surface area (Å²) in [6.45, 7) is 6.63. The van der Waals surface area contributed by atoms with Crippen molar-refractivity contribution in [1.82, 2.24) is 4.57 Å². The number of rotatable bonds is 4. The van der Waals surface area contributed by atoms with Crippen molar-refractivity contribution in [1.29, 1.82) is 0 Å². The van der Waals surface area contributed by atoms with E-state index in [1.165, 1.54) is 5.56 Å². The number of hydrogen-bond acceptors (Lipinski definition) is 2. The summed E-state index contributed by atoms with van der Waals surface area (Å²) in [6.07, 6.45) is 2.54. The smallest absolute Gasteiger partial charge is 0.244 e. The lowest BCUT2D eigenvalue weighted by atomic mass is 9.87. The minimum absolute atomic E-state index is 0.0812. The van der Waals surface area contributed by atoms with Gasteiger partial charge in [-0.25, -0.2) is 0 Å². The number of para-hydroxylation sites is 1. The number of anilines is 1. The molecule has 1 heterocycles. The highest BCUT2D eigenvalue weighted by molar-refractivity contribution is 5.99. The summed E-state index contributed by atoms with van der Waals surface area (Å²) in [5.74, 6) is -0.123. The van der Waals surface area contributed by atoms with Gasteiger partial charge in [0, 0.05) is 28.4 Å². The third-order valence-electron chi connectivity index (χ3n) is 4.30. The third-order valence-corrected chi connectivity index (χ3v) is 4.30. The normalized spacial score (nSPS) is 11.5. The van der Waals surface area contributed by atoms with Crippen LogP contribution in [0.5, 0.6) is 0 Å². The van der Waals surface area contributed by atoms with Crippen molar-refractivity contribution < 1.29 is 9.59 Å². The highest BCUT2D eigenvalue weighted by Gasteiger charge is 2.14. The van der Waals surface area contributed by atoms with E-state index >= 15 is 0 Å². The zero-order valence-electron chi connectivity index (χ0n) is 14.7. The van der Waals surface area contributed by atoms with Gasteiger partial charge < -0.3 is 9.88 Å². The van der Waals surface area contributed by atoms with Crippen molar-refractivity contribution in [3.05, 3.63) is 65.9 Å². The van der Waals surface area contributed by atoms with Crippen LogP contribution in [0.1, 0.15) is 36.7 Å². The molecule has 1 amide bonds. The van der Waals surface area contributed by atoms with Gasteiger partial charge >= 0.3 is 0 Å². The molecule has 128 valence electrons. The molecule has 0 radical (unpaired) electrons. The van der Waals surface area contributed by atoms with Gasteiger partial charge in [0.05, 0.1) is 0 Å². The molecule has 25 heavy (non-hydrogen) atoms. The number of amides is 1. The third kappa shape index (κ3) is 3.63. The number of nitrogens with zero attached hydrogens (tertiary/aromatic N) is 1. The Hall–Kier alpha value is -2.88. The second-order valence-electron chi connectivity index (χ2n) is 7.22. The molecule has 3 aromatic rings. The number of nitrogens with one attached hydrogen (secondary N) is 1. The van der Waals surface area contributed by atoms with E-state index in [1.54, 1.807) is 10.8 Å². The summed E-state index contributed by atoms with van der Waals surface area (Å²) in [6, 6.07) is 15.5. The molecular weight excluding hydrogens is 312 g/mol. The fraction of sp³-hybridized carbons (Fsp3) is 0.238. The Kier molecular flexibility index (Phi) is 4.45. The molecule has 0 aliphatic carbocycles. The standard InChI is InChI=1S/C21H22N2O2/c1-21(2,3)16-8-10-17(11-9-16)22-20(25)13-23-12-15(14-24)18-6-4-5-7-19(18)23/h4-12,14H,13H2,1-3H3,(H,22,25). The molecular formula is C21H22N2O2. The van der Waals surface area contributed by atoms with E-state index in [2.05, 4.69) is 26.1 Å². The molecule has 4 nitrogen and oxygen atoms in total. The molecule has 0 saturated heterocycles. The van der Waals surface area contributed by atoms with E-state index in [0.717, 1.165) is 22.9 Å². The first-order chi connectivity index (χ1) is 11.9. The molecule has 0 atom stereocenters. The second-order valence-corrected chi connectivity index (χ2v) is 7.22. The topological polar surface area (TPSA) is 51.1 Å². The van der Waals surface area contributed by atoms with Crippen LogP contribution in [0.15, 0.2) is 54.7 Å². The van der Waals surface area contributed by atoms with Gasteiger partial charge in [-0.3, -0.25) is 9.59 Å². The molecule has 0 aliphatic rings. The van der Waals surface area contributed by atoms with Crippen LogP contribution >= 0.6 is 0 Å². The van der Waals surface area contributed by atoms with E-state index < -0.39 is 0 Å². The zero-order chi connectivity index (χ0) is 18.0. The Morgan fingerprint density at radius 3 is 2.40 bits per heavy atom. The minimum Gasteiger partial charge on any atom is -0.337 e. The lowest BCUT2D eigenvalue weighted by Crippen LogP contribution is -2.18. The number of aldehydes is 1. The van der Waals surface area contributed by atoms with Crippen LogP contribution in [-0.2, 0) is 16.8 Å². The molecule has 0 aliphatic heterocycles. The van der Waals surface area contributed by atoms with E-state index in [9.17, 15) is 9.59 Å². The molecule has 0 bridgehead atoms. The quantitative estimate of drug-likeness (QED) is 0.719. The van der Waals surface area contributed by atoms with Gasteiger partial charge in [0.15, 0.2) is 6.29 Å². The van der Waals surface area contributed by atoms with Crippen molar-refractivity contribution in [2.75, 3.05) is 5.32 Å². The number of carbonyl (C=O) groups is 2. The number of benzene rings is 2. The molecule has 0 fully saturated rings. The second kappa shape index (κ2) is 6.55. The average molecular weight is 334 g/mol. The predicted octanol–water partition coefficient (Wildman–Crippen LogP) is 4.39. The summed E-state index contributed by atoms with van der Waals surface area (Å²) >= 11 is 0. The molecule has 0 spiro atoms. The predicted molar refractivity (Wildman–Crippen MR) is 101 cm³/mol. The van der Waals surface area contributed by atoms with Crippen molar-refractivity contribution in [3.8, 4) is 0 Å². The first kappa shape index (κ1) is 17.0. The van der Waals surface area contributed by atoms with E-state index in [4.69, 9.17) is 0 Å². The van der Waals surface area contributed by atoms with Gasteiger partial charge in [0.2, 0.25) is 5.91 Å². The van der Waals surface area contributed by atoms with E-state index in [-0.39, 0.29) is 17.9 Å². The number of hydrogen-bond donors (Lipinski definition) is 1. The fourth-order valence-electron chi connectivity index (χ4n) is 2.91. The van der Waals surface area contributed by atoms with E-state index in [1.807, 2.05) is 48.5 Å². The Bertz CT molecular complexity index is 915. The van der Waals surface area contributed by atoms with Crippen molar-refractivity contribution in [2.24, 2.45) is 0 Å². The molecule has 1 aromatic heterocycles. The maximum absolute atomic E-state index is 12.4. The first-order valence-electron chi connectivity index (χ1n) is 8.32. The fourth-order valence-corrected chi connectivity index (χ4v) is 2.91.